The summed E-state index contributed by atoms with van der Waals surface area (Å²) < 4.78 is 52.3. The first-order chi connectivity index (χ1) is 19.1. The first kappa shape index (κ1) is 29.2. The second kappa shape index (κ2) is 12.6. The number of urea groups is 1. The van der Waals surface area contributed by atoms with Crippen molar-refractivity contribution >= 4 is 11.7 Å². The van der Waals surface area contributed by atoms with E-state index in [1.54, 1.807) is 42.9 Å². The maximum Gasteiger partial charge on any atom is 0.389 e. The molecular formula is C28H35F3N6O3. The molecule has 9 nitrogen and oxygen atoms in total. The Morgan fingerprint density at radius 2 is 2.10 bits per heavy atom. The fraction of sp³-hybridized carbons (Fsp3) is 0.500. The number of aromatic nitrogens is 4. The summed E-state index contributed by atoms with van der Waals surface area (Å²) in [7, 11) is 0. The summed E-state index contributed by atoms with van der Waals surface area (Å²) in [5.74, 6) is 1.40. The molecule has 3 aromatic rings. The van der Waals surface area contributed by atoms with Crippen LogP contribution in [-0.2, 0) is 0 Å². The number of hydrogen-bond acceptors (Lipinski definition) is 6. The molecule has 0 saturated heterocycles. The first-order valence-corrected chi connectivity index (χ1v) is 13.5. The summed E-state index contributed by atoms with van der Waals surface area (Å²) in [5, 5.41) is 2.73. The molecule has 0 aromatic carbocycles. The van der Waals surface area contributed by atoms with Crippen molar-refractivity contribution in [3.8, 4) is 17.3 Å². The topological polar surface area (TPSA) is 97.8 Å². The van der Waals surface area contributed by atoms with Crippen LogP contribution in [0.4, 0.5) is 18.0 Å². The number of hydrogen-bond donors (Lipinski definition) is 1. The van der Waals surface area contributed by atoms with Crippen LogP contribution in [0.2, 0.25) is 0 Å². The molecule has 1 fully saturated rings. The lowest BCUT2D eigenvalue weighted by Crippen LogP contribution is -2.46. The fourth-order valence-corrected chi connectivity index (χ4v) is 4.47. The Bertz CT molecular complexity index is 1330. The van der Waals surface area contributed by atoms with Gasteiger partial charge in [0, 0.05) is 43.5 Å². The van der Waals surface area contributed by atoms with E-state index >= 15 is 0 Å². The summed E-state index contributed by atoms with van der Waals surface area (Å²) >= 11 is 0. The molecule has 2 amide bonds. The molecule has 1 N–H and O–H groups in total. The number of nitrogens with one attached hydrogen (secondary N) is 1. The smallest absolute Gasteiger partial charge is 0.389 e. The van der Waals surface area contributed by atoms with Gasteiger partial charge in [-0.15, -0.1) is 13.2 Å². The van der Waals surface area contributed by atoms with Crippen LogP contribution in [-0.4, -0.2) is 55.7 Å². The molecule has 2 atom stereocenters. The maximum atomic E-state index is 13.2. The molecule has 1 aliphatic carbocycles. The number of oxazole rings is 1. The van der Waals surface area contributed by atoms with Crippen LogP contribution in [0.15, 0.2) is 48.3 Å². The van der Waals surface area contributed by atoms with E-state index in [2.05, 4.69) is 23.5 Å². The second-order valence-corrected chi connectivity index (χ2v) is 9.84. The summed E-state index contributed by atoms with van der Waals surface area (Å²) in [4.78, 5) is 28.5. The predicted octanol–water partition coefficient (Wildman–Crippen LogP) is 6.60. The van der Waals surface area contributed by atoms with Crippen molar-refractivity contribution in [1.29, 1.82) is 0 Å². The van der Waals surface area contributed by atoms with Gasteiger partial charge >= 0.3 is 12.2 Å². The van der Waals surface area contributed by atoms with Crippen LogP contribution in [0.25, 0.3) is 17.1 Å². The standard InChI is InChI=1S/C28H35F3N6O3/c1-5-8-16-39-26-24-32-14-15-36(24)17-21(34-26)23-22(19-10-11-19)35-25(40-23)18(4)37(7-3)27(38)33-20(9-6-2)12-13-28(29,30)31/h5-6,14-15,17-20H,1-2,7-13,16H2,3-4H3,(H,33,38)/t18?,20-/m1/s1. The van der Waals surface area contributed by atoms with E-state index in [1.165, 1.54) is 11.0 Å². The van der Waals surface area contributed by atoms with E-state index in [4.69, 9.17) is 19.1 Å². The Kier molecular flexibility index (Phi) is 9.16. The SMILES string of the molecule is C=CCCOc1nc(-c2oc(C(C)N(CC)C(=O)N[C@H](CC=C)CCC(F)(F)F)nc2C2CC2)cn2ccnc12. The number of alkyl halides is 3. The molecular weight excluding hydrogens is 525 g/mol. The Morgan fingerprint density at radius 3 is 2.75 bits per heavy atom. The molecule has 1 unspecified atom stereocenters. The van der Waals surface area contributed by atoms with E-state index < -0.39 is 30.7 Å². The van der Waals surface area contributed by atoms with Crippen molar-refractivity contribution in [2.75, 3.05) is 13.2 Å². The minimum atomic E-state index is -4.31. The van der Waals surface area contributed by atoms with Crippen LogP contribution >= 0.6 is 0 Å². The highest BCUT2D eigenvalue weighted by Crippen LogP contribution is 2.45. The fourth-order valence-electron chi connectivity index (χ4n) is 4.47. The molecule has 0 bridgehead atoms. The Hall–Kier alpha value is -3.83. The highest BCUT2D eigenvalue weighted by molar-refractivity contribution is 5.75. The van der Waals surface area contributed by atoms with Gasteiger partial charge in [0.1, 0.15) is 11.7 Å². The first-order valence-electron chi connectivity index (χ1n) is 13.5. The van der Waals surface area contributed by atoms with Crippen LogP contribution in [0.3, 0.4) is 0 Å². The van der Waals surface area contributed by atoms with Crippen molar-refractivity contribution in [2.24, 2.45) is 0 Å². The van der Waals surface area contributed by atoms with E-state index in [0.717, 1.165) is 18.5 Å². The second-order valence-electron chi connectivity index (χ2n) is 9.84. The number of carbonyl (C=O) groups excluding carboxylic acids is 1. The molecule has 0 aliphatic heterocycles. The van der Waals surface area contributed by atoms with Gasteiger partial charge in [0.2, 0.25) is 11.5 Å². The Balaban J connectivity index is 1.59. The summed E-state index contributed by atoms with van der Waals surface area (Å²) in [6, 6.07) is -1.77. The number of ether oxygens (including phenoxy) is 1. The molecule has 3 aromatic heterocycles. The third-order valence-electron chi connectivity index (χ3n) is 6.75. The van der Waals surface area contributed by atoms with Gasteiger partial charge in [0.25, 0.3) is 5.88 Å². The number of halogens is 3. The molecule has 3 heterocycles. The largest absolute Gasteiger partial charge is 0.475 e. The lowest BCUT2D eigenvalue weighted by atomic mass is 10.1. The third-order valence-corrected chi connectivity index (χ3v) is 6.75. The average molecular weight is 561 g/mol. The minimum Gasteiger partial charge on any atom is -0.475 e. The van der Waals surface area contributed by atoms with E-state index in [-0.39, 0.29) is 18.8 Å². The molecule has 0 spiro atoms. The zero-order valence-corrected chi connectivity index (χ0v) is 22.8. The predicted molar refractivity (Wildman–Crippen MR) is 144 cm³/mol. The van der Waals surface area contributed by atoms with Gasteiger partial charge in [0.05, 0.1) is 12.3 Å². The molecule has 4 rings (SSSR count). The Morgan fingerprint density at radius 1 is 1.32 bits per heavy atom. The highest BCUT2D eigenvalue weighted by atomic mass is 19.4. The van der Waals surface area contributed by atoms with Gasteiger partial charge in [-0.3, -0.25) is 0 Å². The molecule has 1 saturated carbocycles. The highest BCUT2D eigenvalue weighted by Gasteiger charge is 2.35. The van der Waals surface area contributed by atoms with E-state index in [1.807, 2.05) is 0 Å². The normalized spacial score (nSPS) is 15.0. The number of nitrogens with zero attached hydrogens (tertiary/aromatic N) is 5. The molecule has 1 aliphatic rings. The van der Waals surface area contributed by atoms with Crippen molar-refractivity contribution in [3.05, 3.63) is 55.5 Å². The van der Waals surface area contributed by atoms with Crippen LogP contribution in [0.1, 0.15) is 75.9 Å². The van der Waals surface area contributed by atoms with Gasteiger partial charge in [-0.1, -0.05) is 12.2 Å². The van der Waals surface area contributed by atoms with Crippen molar-refractivity contribution in [1.82, 2.24) is 29.6 Å². The number of carbonyl (C=O) groups is 1. The van der Waals surface area contributed by atoms with Gasteiger partial charge in [-0.2, -0.15) is 13.2 Å². The van der Waals surface area contributed by atoms with Crippen LogP contribution in [0.5, 0.6) is 5.88 Å². The summed E-state index contributed by atoms with van der Waals surface area (Å²) in [6.45, 7) is 11.6. The van der Waals surface area contributed by atoms with E-state index in [0.29, 0.717) is 48.4 Å². The lowest BCUT2D eigenvalue weighted by Gasteiger charge is -2.28. The molecule has 12 heteroatoms. The molecule has 40 heavy (non-hydrogen) atoms. The number of fused-ring (bicyclic) bond motifs is 1. The number of imidazole rings is 1. The van der Waals surface area contributed by atoms with Crippen LogP contribution in [0, 0.1) is 0 Å². The minimum absolute atomic E-state index is 0.216. The number of rotatable bonds is 14. The monoisotopic (exact) mass is 560 g/mol. The maximum absolute atomic E-state index is 13.2. The summed E-state index contributed by atoms with van der Waals surface area (Å²) in [5.41, 5.74) is 1.86. The van der Waals surface area contributed by atoms with Crippen LogP contribution < -0.4 is 10.1 Å². The molecule has 216 valence electrons. The van der Waals surface area contributed by atoms with Gasteiger partial charge < -0.3 is 23.8 Å². The zero-order valence-electron chi connectivity index (χ0n) is 22.8. The number of amides is 2. The zero-order chi connectivity index (χ0) is 28.9. The average Bonchev–Trinajstić information content (AvgIpc) is 3.46. The van der Waals surface area contributed by atoms with Crippen molar-refractivity contribution in [3.63, 3.8) is 0 Å². The van der Waals surface area contributed by atoms with Gasteiger partial charge in [0.15, 0.2) is 5.76 Å². The van der Waals surface area contributed by atoms with Gasteiger partial charge in [-0.05, 0) is 46.0 Å². The van der Waals surface area contributed by atoms with E-state index in [9.17, 15) is 18.0 Å². The Labute approximate surface area is 231 Å². The lowest BCUT2D eigenvalue weighted by molar-refractivity contribution is -0.136. The van der Waals surface area contributed by atoms with Crippen molar-refractivity contribution in [2.45, 2.75) is 76.6 Å². The summed E-state index contributed by atoms with van der Waals surface area (Å²) in [6.07, 6.45) is 5.77. The molecule has 0 radical (unpaired) electrons. The quantitative estimate of drug-likeness (QED) is 0.176. The van der Waals surface area contributed by atoms with Gasteiger partial charge in [-0.25, -0.2) is 19.7 Å². The third kappa shape index (κ3) is 7.02. The van der Waals surface area contributed by atoms with Crippen molar-refractivity contribution < 1.29 is 27.1 Å².